The van der Waals surface area contributed by atoms with Crippen LogP contribution in [0.15, 0.2) is 29.2 Å². The normalized spacial score (nSPS) is 23.5. The summed E-state index contributed by atoms with van der Waals surface area (Å²) in [6.07, 6.45) is 1.79. The number of rotatable bonds is 5. The number of benzene rings is 1. The molecule has 26 heavy (non-hydrogen) atoms. The molecule has 2 saturated heterocycles. The molecule has 2 N–H and O–H groups in total. The van der Waals surface area contributed by atoms with E-state index in [4.69, 9.17) is 4.74 Å². The molecule has 1 aromatic rings. The number of sulfonamides is 1. The van der Waals surface area contributed by atoms with E-state index < -0.39 is 10.0 Å². The van der Waals surface area contributed by atoms with Gasteiger partial charge >= 0.3 is 0 Å². The largest absolute Gasteiger partial charge is 0.377 e. The molecule has 0 aromatic heterocycles. The molecule has 2 heterocycles. The third-order valence-corrected chi connectivity index (χ3v) is 6.14. The van der Waals surface area contributed by atoms with Crippen molar-refractivity contribution in [3.63, 3.8) is 0 Å². The highest BCUT2D eigenvalue weighted by molar-refractivity contribution is 7.89. The van der Waals surface area contributed by atoms with Gasteiger partial charge in [0.1, 0.15) is 0 Å². The number of amides is 1. The van der Waals surface area contributed by atoms with Crippen LogP contribution in [0.3, 0.4) is 0 Å². The van der Waals surface area contributed by atoms with Crippen LogP contribution >= 0.6 is 12.4 Å². The number of hydrogen-bond acceptors (Lipinski definition) is 5. The first-order valence-electron chi connectivity index (χ1n) is 8.70. The monoisotopic (exact) mass is 403 g/mol. The maximum absolute atomic E-state index is 12.6. The Morgan fingerprint density at radius 2 is 2.08 bits per heavy atom. The minimum absolute atomic E-state index is 0. The first-order chi connectivity index (χ1) is 12.0. The molecule has 146 valence electrons. The van der Waals surface area contributed by atoms with Crippen LogP contribution in [0.5, 0.6) is 0 Å². The number of halogens is 1. The highest BCUT2D eigenvalue weighted by Gasteiger charge is 2.25. The Labute approximate surface area is 160 Å². The lowest BCUT2D eigenvalue weighted by atomic mass is 10.1. The first kappa shape index (κ1) is 21.1. The Kier molecular flexibility index (Phi) is 7.42. The van der Waals surface area contributed by atoms with Crippen LogP contribution in [0.1, 0.15) is 30.1 Å². The number of ether oxygens (including phenoxy) is 1. The second-order valence-corrected chi connectivity index (χ2v) is 8.33. The number of carbonyl (C=O) groups is 1. The molecule has 2 aliphatic heterocycles. The molecule has 2 fully saturated rings. The molecule has 2 atom stereocenters. The lowest BCUT2D eigenvalue weighted by molar-refractivity contribution is 0.0655. The highest BCUT2D eigenvalue weighted by atomic mass is 35.5. The van der Waals surface area contributed by atoms with Crippen LogP contribution in [0, 0.1) is 0 Å². The van der Waals surface area contributed by atoms with Gasteiger partial charge in [-0.15, -0.1) is 12.4 Å². The number of nitrogens with zero attached hydrogens (tertiary/aromatic N) is 1. The lowest BCUT2D eigenvalue weighted by Gasteiger charge is -2.34. The molecule has 3 rings (SSSR count). The van der Waals surface area contributed by atoms with Gasteiger partial charge in [0.05, 0.1) is 11.0 Å². The third kappa shape index (κ3) is 4.95. The van der Waals surface area contributed by atoms with E-state index in [1.165, 1.54) is 12.1 Å². The Balaban J connectivity index is 0.00000243. The van der Waals surface area contributed by atoms with Crippen LogP contribution in [-0.4, -0.2) is 64.2 Å². The van der Waals surface area contributed by atoms with E-state index in [0.29, 0.717) is 18.7 Å². The van der Waals surface area contributed by atoms with E-state index in [-0.39, 0.29) is 41.9 Å². The molecular formula is C17H26ClN3O4S. The van der Waals surface area contributed by atoms with E-state index in [0.717, 1.165) is 25.9 Å². The van der Waals surface area contributed by atoms with Gasteiger partial charge in [0, 0.05) is 44.4 Å². The van der Waals surface area contributed by atoms with Crippen molar-refractivity contribution in [3.05, 3.63) is 29.8 Å². The zero-order chi connectivity index (χ0) is 17.9. The molecule has 1 amide bonds. The summed E-state index contributed by atoms with van der Waals surface area (Å²) in [5.74, 6) is -0.0646. The first-order valence-corrected chi connectivity index (χ1v) is 10.2. The van der Waals surface area contributed by atoms with Gasteiger partial charge < -0.3 is 15.0 Å². The van der Waals surface area contributed by atoms with Crippen LogP contribution in [0.4, 0.5) is 0 Å². The zero-order valence-electron chi connectivity index (χ0n) is 14.8. The van der Waals surface area contributed by atoms with E-state index in [1.54, 1.807) is 12.1 Å². The minimum Gasteiger partial charge on any atom is -0.377 e. The summed E-state index contributed by atoms with van der Waals surface area (Å²) in [5, 5.41) is 3.25. The van der Waals surface area contributed by atoms with Crippen LogP contribution in [0.2, 0.25) is 0 Å². The van der Waals surface area contributed by atoms with Crippen molar-refractivity contribution < 1.29 is 17.9 Å². The second-order valence-electron chi connectivity index (χ2n) is 6.56. The number of hydrogen-bond donors (Lipinski definition) is 2. The van der Waals surface area contributed by atoms with Gasteiger partial charge in [-0.2, -0.15) is 0 Å². The molecule has 0 bridgehead atoms. The van der Waals surface area contributed by atoms with E-state index in [1.807, 2.05) is 11.8 Å². The molecule has 7 nitrogen and oxygen atoms in total. The quantitative estimate of drug-likeness (QED) is 0.765. The van der Waals surface area contributed by atoms with Crippen molar-refractivity contribution >= 4 is 28.3 Å². The van der Waals surface area contributed by atoms with Gasteiger partial charge in [-0.05, 0) is 44.0 Å². The van der Waals surface area contributed by atoms with Crippen molar-refractivity contribution in [2.24, 2.45) is 0 Å². The van der Waals surface area contributed by atoms with E-state index >= 15 is 0 Å². The van der Waals surface area contributed by atoms with Gasteiger partial charge in [0.25, 0.3) is 5.91 Å². The fourth-order valence-electron chi connectivity index (χ4n) is 3.18. The van der Waals surface area contributed by atoms with E-state index in [2.05, 4.69) is 10.0 Å². The number of nitrogens with one attached hydrogen (secondary N) is 2. The van der Waals surface area contributed by atoms with Gasteiger partial charge in [0.15, 0.2) is 0 Å². The van der Waals surface area contributed by atoms with Crippen molar-refractivity contribution in [1.29, 1.82) is 0 Å². The summed E-state index contributed by atoms with van der Waals surface area (Å²) in [7, 11) is -3.59. The lowest BCUT2D eigenvalue weighted by Crippen LogP contribution is -2.52. The molecule has 9 heteroatoms. The summed E-state index contributed by atoms with van der Waals surface area (Å²) in [6, 6.07) is 6.25. The van der Waals surface area contributed by atoms with E-state index in [9.17, 15) is 13.2 Å². The van der Waals surface area contributed by atoms with Crippen molar-refractivity contribution in [1.82, 2.24) is 14.9 Å². The fourth-order valence-corrected chi connectivity index (χ4v) is 4.24. The Bertz CT molecular complexity index is 705. The van der Waals surface area contributed by atoms with Crippen LogP contribution < -0.4 is 10.0 Å². The Morgan fingerprint density at radius 1 is 1.35 bits per heavy atom. The van der Waals surface area contributed by atoms with Gasteiger partial charge in [-0.3, -0.25) is 4.79 Å². The smallest absolute Gasteiger partial charge is 0.254 e. The maximum atomic E-state index is 12.6. The molecule has 0 saturated carbocycles. The Morgan fingerprint density at radius 3 is 2.69 bits per heavy atom. The molecule has 0 radical (unpaired) electrons. The molecule has 0 aliphatic carbocycles. The maximum Gasteiger partial charge on any atom is 0.254 e. The highest BCUT2D eigenvalue weighted by Crippen LogP contribution is 2.16. The summed E-state index contributed by atoms with van der Waals surface area (Å²) in [5.41, 5.74) is 0.506. The topological polar surface area (TPSA) is 87.7 Å². The fraction of sp³-hybridized carbons (Fsp3) is 0.588. The molecule has 2 aliphatic rings. The Hall–Kier alpha value is -1.19. The summed E-state index contributed by atoms with van der Waals surface area (Å²) >= 11 is 0. The molecule has 1 unspecified atom stereocenters. The third-order valence-electron chi connectivity index (χ3n) is 4.70. The minimum atomic E-state index is -3.59. The van der Waals surface area contributed by atoms with Crippen LogP contribution in [0.25, 0.3) is 0 Å². The molecule has 0 spiro atoms. The van der Waals surface area contributed by atoms with Gasteiger partial charge in [-0.25, -0.2) is 13.1 Å². The van der Waals surface area contributed by atoms with Gasteiger partial charge in [-0.1, -0.05) is 0 Å². The zero-order valence-corrected chi connectivity index (χ0v) is 16.4. The van der Waals surface area contributed by atoms with Crippen molar-refractivity contribution in [2.75, 3.05) is 32.8 Å². The standard InChI is InChI=1S/C17H25N3O4S.ClH/c1-13-11-18-8-9-20(13)17(21)14-4-6-16(7-5-14)25(22,23)19-12-15-3-2-10-24-15;/h4-7,13,15,18-19H,2-3,8-12H2,1H3;1H/t13-,15?;/m1./s1. The van der Waals surface area contributed by atoms with Gasteiger partial charge in [0.2, 0.25) is 10.0 Å². The second kappa shape index (κ2) is 9.14. The molecular weight excluding hydrogens is 378 g/mol. The van der Waals surface area contributed by atoms with Crippen LogP contribution in [-0.2, 0) is 14.8 Å². The molecule has 1 aromatic carbocycles. The van der Waals surface area contributed by atoms with Crippen molar-refractivity contribution in [2.45, 2.75) is 36.8 Å². The predicted molar refractivity (Wildman–Crippen MR) is 101 cm³/mol. The number of piperazine rings is 1. The summed E-state index contributed by atoms with van der Waals surface area (Å²) in [6.45, 7) is 5.16. The SMILES string of the molecule is C[C@@H]1CNCCN1C(=O)c1ccc(S(=O)(=O)NCC2CCCO2)cc1.Cl. The number of carbonyl (C=O) groups excluding carboxylic acids is 1. The predicted octanol–water partition coefficient (Wildman–Crippen LogP) is 1.000. The summed E-state index contributed by atoms with van der Waals surface area (Å²) in [4.78, 5) is 14.6. The average molecular weight is 404 g/mol. The average Bonchev–Trinajstić information content (AvgIpc) is 3.14. The van der Waals surface area contributed by atoms with Crippen molar-refractivity contribution in [3.8, 4) is 0 Å². The summed E-state index contributed by atoms with van der Waals surface area (Å²) < 4.78 is 32.7.